The predicted molar refractivity (Wildman–Crippen MR) is 58.8 cm³/mol. The molecule has 0 aliphatic rings. The minimum atomic E-state index is 0.0763. The molecule has 14 heavy (non-hydrogen) atoms. The number of aryl methyl sites for hydroxylation is 1. The van der Waals surface area contributed by atoms with E-state index in [0.717, 1.165) is 17.0 Å². The standard InChI is InChI=1S/C9H18N4S/c1-5-6-7(14-13-12-6)8(11-10)9(2,3)4/h8,11H,5,10H2,1-4H3. The largest absolute Gasteiger partial charge is 0.271 e. The minimum Gasteiger partial charge on any atom is -0.271 e. The summed E-state index contributed by atoms with van der Waals surface area (Å²) in [5.74, 6) is 5.57. The van der Waals surface area contributed by atoms with E-state index in [2.05, 4.69) is 42.7 Å². The van der Waals surface area contributed by atoms with Crippen LogP contribution in [-0.2, 0) is 6.42 Å². The van der Waals surface area contributed by atoms with Crippen molar-refractivity contribution in [3.05, 3.63) is 10.6 Å². The summed E-state index contributed by atoms with van der Waals surface area (Å²) in [4.78, 5) is 1.16. The number of hydrogen-bond donors (Lipinski definition) is 2. The number of nitrogens with zero attached hydrogens (tertiary/aromatic N) is 2. The first kappa shape index (κ1) is 11.6. The van der Waals surface area contributed by atoms with E-state index < -0.39 is 0 Å². The number of nitrogens with two attached hydrogens (primary N) is 1. The summed E-state index contributed by atoms with van der Waals surface area (Å²) >= 11 is 1.43. The predicted octanol–water partition coefficient (Wildman–Crippen LogP) is 1.65. The molecule has 0 saturated carbocycles. The lowest BCUT2D eigenvalue weighted by atomic mass is 9.85. The van der Waals surface area contributed by atoms with E-state index in [1.54, 1.807) is 0 Å². The Balaban J connectivity index is 3.01. The molecule has 4 nitrogen and oxygen atoms in total. The van der Waals surface area contributed by atoms with Gasteiger partial charge in [-0.2, -0.15) is 0 Å². The van der Waals surface area contributed by atoms with Gasteiger partial charge in [-0.15, -0.1) is 5.10 Å². The van der Waals surface area contributed by atoms with Crippen molar-refractivity contribution in [1.29, 1.82) is 0 Å². The molecule has 0 aromatic carbocycles. The lowest BCUT2D eigenvalue weighted by Gasteiger charge is -2.29. The molecule has 1 aromatic heterocycles. The van der Waals surface area contributed by atoms with Crippen LogP contribution in [0.5, 0.6) is 0 Å². The number of hydrogen-bond acceptors (Lipinski definition) is 5. The Bertz CT molecular complexity index is 289. The van der Waals surface area contributed by atoms with Gasteiger partial charge in [0.05, 0.1) is 16.6 Å². The van der Waals surface area contributed by atoms with E-state index in [-0.39, 0.29) is 11.5 Å². The molecule has 0 spiro atoms. The summed E-state index contributed by atoms with van der Waals surface area (Å²) in [6.07, 6.45) is 0.903. The summed E-state index contributed by atoms with van der Waals surface area (Å²) in [6.45, 7) is 8.53. The zero-order chi connectivity index (χ0) is 10.8. The van der Waals surface area contributed by atoms with Crippen LogP contribution >= 0.6 is 11.5 Å². The van der Waals surface area contributed by atoms with E-state index in [0.29, 0.717) is 0 Å². The van der Waals surface area contributed by atoms with E-state index in [1.807, 2.05) is 0 Å². The molecule has 0 aliphatic heterocycles. The van der Waals surface area contributed by atoms with Crippen LogP contribution in [-0.4, -0.2) is 9.59 Å². The Kier molecular flexibility index (Phi) is 3.58. The first-order valence-electron chi connectivity index (χ1n) is 4.78. The van der Waals surface area contributed by atoms with Gasteiger partial charge < -0.3 is 0 Å². The highest BCUT2D eigenvalue weighted by Crippen LogP contribution is 2.35. The van der Waals surface area contributed by atoms with Gasteiger partial charge in [-0.1, -0.05) is 32.2 Å². The quantitative estimate of drug-likeness (QED) is 0.593. The van der Waals surface area contributed by atoms with Crippen LogP contribution in [0.25, 0.3) is 0 Å². The number of hydrazine groups is 1. The molecule has 1 heterocycles. The maximum atomic E-state index is 5.57. The lowest BCUT2D eigenvalue weighted by molar-refractivity contribution is 0.278. The van der Waals surface area contributed by atoms with Crippen LogP contribution in [0.4, 0.5) is 0 Å². The molecule has 0 fully saturated rings. The highest BCUT2D eigenvalue weighted by Gasteiger charge is 2.29. The molecular formula is C9H18N4S. The van der Waals surface area contributed by atoms with Crippen molar-refractivity contribution < 1.29 is 0 Å². The van der Waals surface area contributed by atoms with Crippen molar-refractivity contribution in [1.82, 2.24) is 15.0 Å². The van der Waals surface area contributed by atoms with Crippen LogP contribution < -0.4 is 11.3 Å². The Morgan fingerprint density at radius 1 is 1.50 bits per heavy atom. The van der Waals surface area contributed by atoms with Crippen molar-refractivity contribution in [2.24, 2.45) is 11.3 Å². The monoisotopic (exact) mass is 214 g/mol. The average molecular weight is 214 g/mol. The van der Waals surface area contributed by atoms with Gasteiger partial charge in [-0.25, -0.2) is 0 Å². The third-order valence-electron chi connectivity index (χ3n) is 2.21. The van der Waals surface area contributed by atoms with Gasteiger partial charge >= 0.3 is 0 Å². The molecule has 0 radical (unpaired) electrons. The van der Waals surface area contributed by atoms with E-state index >= 15 is 0 Å². The fourth-order valence-corrected chi connectivity index (χ4v) is 2.44. The molecule has 1 rings (SSSR count). The van der Waals surface area contributed by atoms with Crippen molar-refractivity contribution in [3.63, 3.8) is 0 Å². The summed E-state index contributed by atoms with van der Waals surface area (Å²) in [7, 11) is 0. The highest BCUT2D eigenvalue weighted by atomic mass is 32.1. The van der Waals surface area contributed by atoms with Gasteiger partial charge in [0, 0.05) is 0 Å². The van der Waals surface area contributed by atoms with E-state index in [9.17, 15) is 0 Å². The first-order valence-corrected chi connectivity index (χ1v) is 5.55. The molecule has 1 unspecified atom stereocenters. The first-order chi connectivity index (χ1) is 6.50. The van der Waals surface area contributed by atoms with Crippen LogP contribution in [0, 0.1) is 5.41 Å². The van der Waals surface area contributed by atoms with Gasteiger partial charge in [0.1, 0.15) is 0 Å². The van der Waals surface area contributed by atoms with Gasteiger partial charge in [0.25, 0.3) is 0 Å². The fraction of sp³-hybridized carbons (Fsp3) is 0.778. The second kappa shape index (κ2) is 4.33. The maximum absolute atomic E-state index is 5.57. The average Bonchev–Trinajstić information content (AvgIpc) is 2.51. The zero-order valence-electron chi connectivity index (χ0n) is 9.16. The van der Waals surface area contributed by atoms with Gasteiger partial charge in [0.2, 0.25) is 0 Å². The molecule has 80 valence electrons. The normalized spacial score (nSPS) is 14.4. The third kappa shape index (κ3) is 2.29. The zero-order valence-corrected chi connectivity index (χ0v) is 9.98. The van der Waals surface area contributed by atoms with Crippen molar-refractivity contribution in [3.8, 4) is 0 Å². The minimum absolute atomic E-state index is 0.0763. The molecular weight excluding hydrogens is 196 g/mol. The van der Waals surface area contributed by atoms with Crippen LogP contribution in [0.15, 0.2) is 0 Å². The molecule has 5 heteroatoms. The van der Waals surface area contributed by atoms with Gasteiger partial charge in [-0.3, -0.25) is 11.3 Å². The van der Waals surface area contributed by atoms with Crippen LogP contribution in [0.2, 0.25) is 0 Å². The molecule has 3 N–H and O–H groups in total. The summed E-state index contributed by atoms with van der Waals surface area (Å²) < 4.78 is 3.97. The van der Waals surface area contributed by atoms with Crippen LogP contribution in [0.1, 0.15) is 44.3 Å². The molecule has 0 aliphatic carbocycles. The second-order valence-corrected chi connectivity index (χ2v) is 5.19. The van der Waals surface area contributed by atoms with E-state index in [4.69, 9.17) is 5.84 Å². The second-order valence-electron chi connectivity index (χ2n) is 4.40. The smallest absolute Gasteiger partial charge is 0.0801 e. The van der Waals surface area contributed by atoms with Crippen molar-refractivity contribution >= 4 is 11.5 Å². The lowest BCUT2D eigenvalue weighted by Crippen LogP contribution is -2.36. The Labute approximate surface area is 89.0 Å². The molecule has 1 atom stereocenters. The maximum Gasteiger partial charge on any atom is 0.0801 e. The summed E-state index contributed by atoms with van der Waals surface area (Å²) in [5.41, 5.74) is 3.97. The van der Waals surface area contributed by atoms with Crippen LogP contribution in [0.3, 0.4) is 0 Å². The number of nitrogens with one attached hydrogen (secondary N) is 1. The summed E-state index contributed by atoms with van der Waals surface area (Å²) in [5, 5.41) is 4.09. The molecule has 0 bridgehead atoms. The van der Waals surface area contributed by atoms with Gasteiger partial charge in [-0.05, 0) is 23.4 Å². The highest BCUT2D eigenvalue weighted by molar-refractivity contribution is 7.05. The Hall–Kier alpha value is -0.520. The third-order valence-corrected chi connectivity index (χ3v) is 3.05. The molecule has 0 amide bonds. The van der Waals surface area contributed by atoms with E-state index in [1.165, 1.54) is 11.5 Å². The fourth-order valence-electron chi connectivity index (χ4n) is 1.40. The number of rotatable bonds is 3. The number of aromatic nitrogens is 2. The Morgan fingerprint density at radius 3 is 2.57 bits per heavy atom. The Morgan fingerprint density at radius 2 is 2.14 bits per heavy atom. The van der Waals surface area contributed by atoms with Crippen molar-refractivity contribution in [2.75, 3.05) is 0 Å². The SMILES string of the molecule is CCc1nnsc1C(NN)C(C)(C)C. The molecule has 1 aromatic rings. The topological polar surface area (TPSA) is 63.8 Å². The van der Waals surface area contributed by atoms with Crippen molar-refractivity contribution in [2.45, 2.75) is 40.2 Å². The molecule has 0 saturated heterocycles. The summed E-state index contributed by atoms with van der Waals surface area (Å²) in [6, 6.07) is 0.123. The van der Waals surface area contributed by atoms with Gasteiger partial charge in [0.15, 0.2) is 0 Å².